The second-order valence-corrected chi connectivity index (χ2v) is 5.71. The Hall–Kier alpha value is -1.95. The zero-order valence-electron chi connectivity index (χ0n) is 10.4. The lowest BCUT2D eigenvalue weighted by molar-refractivity contribution is 0.0232. The minimum Gasteiger partial charge on any atom is -0.349 e. The van der Waals surface area contributed by atoms with Gasteiger partial charge in [0.1, 0.15) is 11.0 Å². The number of H-pyrrole nitrogens is 1. The van der Waals surface area contributed by atoms with Crippen molar-refractivity contribution < 1.29 is 4.79 Å². The maximum Gasteiger partial charge on any atom is 0.251 e. The van der Waals surface area contributed by atoms with E-state index in [0.717, 1.165) is 37.0 Å². The Bertz CT molecular complexity index is 637. The largest absolute Gasteiger partial charge is 0.349 e. The molecule has 1 saturated carbocycles. The van der Waals surface area contributed by atoms with E-state index < -0.39 is 0 Å². The highest BCUT2D eigenvalue weighted by Gasteiger charge is 2.48. The molecule has 98 valence electrons. The van der Waals surface area contributed by atoms with Crippen LogP contribution in [0.5, 0.6) is 0 Å². The third-order valence-electron chi connectivity index (χ3n) is 4.27. The number of carbonyl (C=O) groups excluding carboxylic acids is 1. The van der Waals surface area contributed by atoms with Crippen molar-refractivity contribution in [1.82, 2.24) is 26.0 Å². The summed E-state index contributed by atoms with van der Waals surface area (Å²) < 4.78 is 0. The lowest BCUT2D eigenvalue weighted by Crippen LogP contribution is -2.65. The molecule has 2 fully saturated rings. The summed E-state index contributed by atoms with van der Waals surface area (Å²) in [6.07, 6.45) is 2.19. The van der Waals surface area contributed by atoms with Crippen LogP contribution in [0, 0.1) is 5.41 Å². The molecule has 1 saturated heterocycles. The molecule has 0 unspecified atom stereocenters. The third kappa shape index (κ3) is 1.71. The predicted octanol–water partition coefficient (Wildman–Crippen LogP) is 0.440. The normalized spacial score (nSPS) is 21.1. The van der Waals surface area contributed by atoms with Gasteiger partial charge < -0.3 is 10.6 Å². The average molecular weight is 257 g/mol. The van der Waals surface area contributed by atoms with Crippen LogP contribution in [-0.4, -0.2) is 40.4 Å². The third-order valence-corrected chi connectivity index (χ3v) is 4.27. The van der Waals surface area contributed by atoms with Gasteiger partial charge in [0.2, 0.25) is 0 Å². The van der Waals surface area contributed by atoms with Crippen LogP contribution in [0.1, 0.15) is 23.2 Å². The van der Waals surface area contributed by atoms with Gasteiger partial charge >= 0.3 is 0 Å². The number of fused-ring (bicyclic) bond motifs is 1. The molecule has 1 aliphatic carbocycles. The Balaban J connectivity index is 1.45. The summed E-state index contributed by atoms with van der Waals surface area (Å²) in [7, 11) is 0. The number of nitrogens with one attached hydrogen (secondary N) is 3. The fraction of sp³-hybridized carbons (Fsp3) is 0.462. The van der Waals surface area contributed by atoms with Crippen molar-refractivity contribution in [2.45, 2.75) is 18.9 Å². The molecular weight excluding hydrogens is 242 g/mol. The van der Waals surface area contributed by atoms with Crippen molar-refractivity contribution in [3.8, 4) is 0 Å². The van der Waals surface area contributed by atoms with Crippen LogP contribution in [0.2, 0.25) is 0 Å². The first kappa shape index (κ1) is 10.9. The second-order valence-electron chi connectivity index (χ2n) is 5.71. The van der Waals surface area contributed by atoms with E-state index in [1.807, 2.05) is 6.07 Å². The molecule has 2 aliphatic rings. The quantitative estimate of drug-likeness (QED) is 0.729. The maximum atomic E-state index is 12.1. The van der Waals surface area contributed by atoms with E-state index in [1.54, 1.807) is 12.1 Å². The smallest absolute Gasteiger partial charge is 0.251 e. The Morgan fingerprint density at radius 2 is 2.05 bits per heavy atom. The highest BCUT2D eigenvalue weighted by Crippen LogP contribution is 2.44. The summed E-state index contributed by atoms with van der Waals surface area (Å²) in [5.41, 5.74) is 2.63. The number of nitrogens with zero attached hydrogens (tertiary/aromatic N) is 2. The highest BCUT2D eigenvalue weighted by atomic mass is 16.1. The molecule has 1 amide bonds. The van der Waals surface area contributed by atoms with E-state index in [1.165, 1.54) is 0 Å². The summed E-state index contributed by atoms with van der Waals surface area (Å²) in [5.74, 6) is -0.0166. The van der Waals surface area contributed by atoms with Crippen molar-refractivity contribution in [1.29, 1.82) is 0 Å². The molecule has 0 radical (unpaired) electrons. The lowest BCUT2D eigenvalue weighted by Gasteiger charge is -2.54. The van der Waals surface area contributed by atoms with E-state index in [4.69, 9.17) is 0 Å². The van der Waals surface area contributed by atoms with Crippen LogP contribution in [-0.2, 0) is 0 Å². The minimum atomic E-state index is -0.0166. The van der Waals surface area contributed by atoms with Crippen molar-refractivity contribution in [2.75, 3.05) is 13.1 Å². The molecule has 0 atom stereocenters. The van der Waals surface area contributed by atoms with Gasteiger partial charge in [0.25, 0.3) is 5.91 Å². The first-order valence-corrected chi connectivity index (χ1v) is 6.56. The van der Waals surface area contributed by atoms with E-state index >= 15 is 0 Å². The SMILES string of the molecule is O=C(NC1CC2(CNC2)C1)c1ccc2n[nH]nc2c1. The van der Waals surface area contributed by atoms with Crippen molar-refractivity contribution >= 4 is 16.9 Å². The molecule has 2 heterocycles. The van der Waals surface area contributed by atoms with Gasteiger partial charge in [-0.2, -0.15) is 15.4 Å². The number of aromatic amines is 1. The molecule has 19 heavy (non-hydrogen) atoms. The minimum absolute atomic E-state index is 0.0166. The van der Waals surface area contributed by atoms with Gasteiger partial charge in [-0.25, -0.2) is 0 Å². The number of aromatic nitrogens is 3. The first-order chi connectivity index (χ1) is 9.24. The molecule has 3 N–H and O–H groups in total. The van der Waals surface area contributed by atoms with Crippen LogP contribution >= 0.6 is 0 Å². The maximum absolute atomic E-state index is 12.1. The number of rotatable bonds is 2. The standard InChI is InChI=1S/C13H15N5O/c19-12(15-9-4-13(5-9)6-14-7-13)8-1-2-10-11(3-8)17-18-16-10/h1-3,9,14H,4-7H2,(H,15,19)(H,16,17,18). The Labute approximate surface area is 110 Å². The van der Waals surface area contributed by atoms with Gasteiger partial charge in [0.15, 0.2) is 0 Å². The van der Waals surface area contributed by atoms with E-state index in [0.29, 0.717) is 17.0 Å². The fourth-order valence-corrected chi connectivity index (χ4v) is 3.11. The van der Waals surface area contributed by atoms with Crippen LogP contribution in [0.15, 0.2) is 18.2 Å². The number of benzene rings is 1. The summed E-state index contributed by atoms with van der Waals surface area (Å²) in [6.45, 7) is 2.20. The van der Waals surface area contributed by atoms with Gasteiger partial charge in [-0.1, -0.05) is 0 Å². The second kappa shape index (κ2) is 3.77. The van der Waals surface area contributed by atoms with Gasteiger partial charge in [-0.3, -0.25) is 4.79 Å². The Morgan fingerprint density at radius 1 is 1.26 bits per heavy atom. The zero-order chi connectivity index (χ0) is 12.9. The van der Waals surface area contributed by atoms with Gasteiger partial charge in [0.05, 0.1) is 0 Å². The van der Waals surface area contributed by atoms with E-state index in [2.05, 4.69) is 26.0 Å². The molecule has 6 nitrogen and oxygen atoms in total. The Morgan fingerprint density at radius 3 is 2.79 bits per heavy atom. The molecule has 1 aromatic heterocycles. The van der Waals surface area contributed by atoms with Gasteiger partial charge in [-0.15, -0.1) is 0 Å². The van der Waals surface area contributed by atoms with Crippen molar-refractivity contribution in [3.05, 3.63) is 23.8 Å². The molecular formula is C13H15N5O. The number of carbonyl (C=O) groups is 1. The van der Waals surface area contributed by atoms with E-state index in [-0.39, 0.29) is 5.91 Å². The molecule has 4 rings (SSSR count). The summed E-state index contributed by atoms with van der Waals surface area (Å²) in [5, 5.41) is 16.9. The monoisotopic (exact) mass is 257 g/mol. The predicted molar refractivity (Wildman–Crippen MR) is 69.7 cm³/mol. The van der Waals surface area contributed by atoms with Crippen LogP contribution < -0.4 is 10.6 Å². The van der Waals surface area contributed by atoms with Crippen LogP contribution in [0.4, 0.5) is 0 Å². The molecule has 1 aromatic carbocycles. The molecule has 0 bridgehead atoms. The van der Waals surface area contributed by atoms with Crippen LogP contribution in [0.25, 0.3) is 11.0 Å². The van der Waals surface area contributed by atoms with Gasteiger partial charge in [-0.05, 0) is 36.5 Å². The molecule has 6 heteroatoms. The Kier molecular flexibility index (Phi) is 2.17. The number of hydrogen-bond acceptors (Lipinski definition) is 4. The van der Waals surface area contributed by atoms with E-state index in [9.17, 15) is 4.79 Å². The summed E-state index contributed by atoms with van der Waals surface area (Å²) in [6, 6.07) is 5.70. The number of hydrogen-bond donors (Lipinski definition) is 3. The first-order valence-electron chi connectivity index (χ1n) is 6.56. The van der Waals surface area contributed by atoms with Crippen molar-refractivity contribution in [3.63, 3.8) is 0 Å². The highest BCUT2D eigenvalue weighted by molar-refractivity contribution is 5.97. The summed E-state index contributed by atoms with van der Waals surface area (Å²) >= 11 is 0. The lowest BCUT2D eigenvalue weighted by atomic mass is 9.61. The zero-order valence-corrected chi connectivity index (χ0v) is 10.4. The number of amides is 1. The molecule has 1 spiro atoms. The topological polar surface area (TPSA) is 82.7 Å². The molecule has 1 aliphatic heterocycles. The van der Waals surface area contributed by atoms with Crippen LogP contribution in [0.3, 0.4) is 0 Å². The summed E-state index contributed by atoms with van der Waals surface area (Å²) in [4.78, 5) is 12.1. The van der Waals surface area contributed by atoms with Crippen molar-refractivity contribution in [2.24, 2.45) is 5.41 Å². The fourth-order valence-electron chi connectivity index (χ4n) is 3.11. The molecule has 2 aromatic rings. The average Bonchev–Trinajstić information content (AvgIpc) is 2.77. The van der Waals surface area contributed by atoms with Gasteiger partial charge in [0, 0.05) is 24.7 Å².